The average Bonchev–Trinajstić information content (AvgIpc) is 2.59. The van der Waals surface area contributed by atoms with Gasteiger partial charge in [-0.25, -0.2) is 4.98 Å². The molecule has 29 heavy (non-hydrogen) atoms. The molecule has 12 heteroatoms. The van der Waals surface area contributed by atoms with Gasteiger partial charge in [0.2, 0.25) is 0 Å². The number of hydrogen-bond acceptors (Lipinski definition) is 7. The Morgan fingerprint density at radius 1 is 1.17 bits per heavy atom. The summed E-state index contributed by atoms with van der Waals surface area (Å²) in [6.45, 7) is 5.01. The highest BCUT2D eigenvalue weighted by Gasteiger charge is 2.49. The van der Waals surface area contributed by atoms with E-state index in [0.717, 1.165) is 12.1 Å². The zero-order valence-electron chi connectivity index (χ0n) is 15.3. The molecule has 0 unspecified atom stereocenters. The predicted molar refractivity (Wildman–Crippen MR) is 95.3 cm³/mol. The Morgan fingerprint density at radius 2 is 1.72 bits per heavy atom. The molecule has 0 aliphatic heterocycles. The van der Waals surface area contributed by atoms with Crippen LogP contribution in [0.2, 0.25) is 0 Å². The summed E-state index contributed by atoms with van der Waals surface area (Å²) in [5, 5.41) is 20.3. The second-order valence-corrected chi connectivity index (χ2v) is 8.42. The summed E-state index contributed by atoms with van der Waals surface area (Å²) >= 11 is 0. The summed E-state index contributed by atoms with van der Waals surface area (Å²) in [7, 11) is -6.07. The van der Waals surface area contributed by atoms with Crippen molar-refractivity contribution in [1.29, 1.82) is 5.26 Å². The van der Waals surface area contributed by atoms with Crippen molar-refractivity contribution >= 4 is 15.8 Å². The molecular formula is C17H14F3N3O5S. The van der Waals surface area contributed by atoms with Gasteiger partial charge in [-0.05, 0) is 23.8 Å². The molecule has 0 N–H and O–H groups in total. The van der Waals surface area contributed by atoms with Crippen LogP contribution in [0, 0.1) is 21.4 Å². The molecule has 1 aromatic carbocycles. The number of nitro groups is 1. The number of alkyl halides is 3. The van der Waals surface area contributed by atoms with Gasteiger partial charge in [0.1, 0.15) is 11.6 Å². The summed E-state index contributed by atoms with van der Waals surface area (Å²) in [6, 6.07) is 7.84. The minimum absolute atomic E-state index is 0.0229. The first kappa shape index (κ1) is 22.1. The Bertz CT molecular complexity index is 1100. The van der Waals surface area contributed by atoms with Crippen LogP contribution >= 0.6 is 0 Å². The topological polar surface area (TPSA) is 123 Å². The maximum Gasteiger partial charge on any atom is 0.534 e. The third-order valence-corrected chi connectivity index (χ3v) is 4.67. The van der Waals surface area contributed by atoms with Crippen molar-refractivity contribution in [1.82, 2.24) is 4.98 Å². The van der Waals surface area contributed by atoms with E-state index in [9.17, 15) is 37.0 Å². The van der Waals surface area contributed by atoms with Gasteiger partial charge in [-0.1, -0.05) is 20.8 Å². The maximum atomic E-state index is 12.7. The molecule has 0 aliphatic rings. The van der Waals surface area contributed by atoms with Crippen molar-refractivity contribution in [3.63, 3.8) is 0 Å². The molecular weight excluding hydrogens is 415 g/mol. The highest BCUT2D eigenvalue weighted by Crippen LogP contribution is 2.36. The van der Waals surface area contributed by atoms with Crippen LogP contribution in [0.3, 0.4) is 0 Å². The second kappa shape index (κ2) is 7.32. The molecule has 0 radical (unpaired) electrons. The lowest BCUT2D eigenvalue weighted by molar-refractivity contribution is -0.384. The van der Waals surface area contributed by atoms with E-state index in [-0.39, 0.29) is 22.5 Å². The Labute approximate surface area is 163 Å². The smallest absolute Gasteiger partial charge is 0.354 e. The number of nitriles is 1. The fourth-order valence-corrected chi connectivity index (χ4v) is 2.64. The van der Waals surface area contributed by atoms with Crippen LogP contribution < -0.4 is 4.18 Å². The molecule has 0 amide bonds. The minimum Gasteiger partial charge on any atom is -0.354 e. The highest BCUT2D eigenvalue weighted by molar-refractivity contribution is 7.87. The fraction of sp³-hybridized carbons (Fsp3) is 0.294. The van der Waals surface area contributed by atoms with Crippen molar-refractivity contribution in [2.24, 2.45) is 0 Å². The standard InChI is InChI=1S/C17H14F3N3O5S/c1-16(2,3)14-8-12(10-4-6-11(7-5-10)23(24)25)13(9-21)15(22-14)28-29(26,27)17(18,19)20/h4-8H,1-3H3. The third-order valence-electron chi connectivity index (χ3n) is 3.73. The normalized spacial score (nSPS) is 12.3. The quantitative estimate of drug-likeness (QED) is 0.311. The highest BCUT2D eigenvalue weighted by atomic mass is 32.2. The number of rotatable bonds is 4. The van der Waals surface area contributed by atoms with Gasteiger partial charge in [-0.2, -0.15) is 26.9 Å². The van der Waals surface area contributed by atoms with E-state index in [0.29, 0.717) is 0 Å². The Hall–Kier alpha value is -3.20. The first-order valence-electron chi connectivity index (χ1n) is 7.88. The van der Waals surface area contributed by atoms with Crippen LogP contribution in [-0.2, 0) is 15.5 Å². The van der Waals surface area contributed by atoms with Gasteiger partial charge in [-0.15, -0.1) is 0 Å². The number of nitrogens with zero attached hydrogens (tertiary/aromatic N) is 3. The SMILES string of the molecule is CC(C)(C)c1cc(-c2ccc([N+](=O)[O-])cc2)c(C#N)c(OS(=O)(=O)C(F)(F)F)n1. The molecule has 2 rings (SSSR count). The largest absolute Gasteiger partial charge is 0.534 e. The van der Waals surface area contributed by atoms with Gasteiger partial charge in [-0.3, -0.25) is 10.1 Å². The van der Waals surface area contributed by atoms with Gasteiger partial charge < -0.3 is 4.18 Å². The monoisotopic (exact) mass is 429 g/mol. The van der Waals surface area contributed by atoms with Crippen LogP contribution in [0.4, 0.5) is 18.9 Å². The Morgan fingerprint density at radius 3 is 2.14 bits per heavy atom. The van der Waals surface area contributed by atoms with E-state index in [1.54, 1.807) is 26.8 Å². The number of nitro benzene ring substituents is 1. The number of hydrogen-bond donors (Lipinski definition) is 0. The van der Waals surface area contributed by atoms with Crippen molar-refractivity contribution in [2.45, 2.75) is 31.7 Å². The molecule has 1 heterocycles. The molecule has 0 fully saturated rings. The minimum atomic E-state index is -6.07. The zero-order chi connectivity index (χ0) is 22.2. The van der Waals surface area contributed by atoms with Crippen LogP contribution in [0.1, 0.15) is 32.0 Å². The van der Waals surface area contributed by atoms with Crippen LogP contribution in [0.25, 0.3) is 11.1 Å². The van der Waals surface area contributed by atoms with Crippen LogP contribution in [-0.4, -0.2) is 23.8 Å². The number of pyridine rings is 1. The van der Waals surface area contributed by atoms with Gasteiger partial charge in [0.25, 0.3) is 11.6 Å². The summed E-state index contributed by atoms with van der Waals surface area (Å²) in [5.41, 5.74) is -6.86. The number of halogens is 3. The van der Waals surface area contributed by atoms with Crippen molar-refractivity contribution < 1.29 is 30.7 Å². The molecule has 0 spiro atoms. The van der Waals surface area contributed by atoms with Crippen molar-refractivity contribution in [2.75, 3.05) is 0 Å². The van der Waals surface area contributed by atoms with Crippen molar-refractivity contribution in [3.8, 4) is 23.1 Å². The Kier molecular flexibility index (Phi) is 5.58. The van der Waals surface area contributed by atoms with Gasteiger partial charge in [0.15, 0.2) is 0 Å². The van der Waals surface area contributed by atoms with E-state index in [2.05, 4.69) is 9.17 Å². The molecule has 2 aromatic rings. The average molecular weight is 429 g/mol. The lowest BCUT2D eigenvalue weighted by atomic mass is 9.88. The fourth-order valence-electron chi connectivity index (χ4n) is 2.22. The zero-order valence-corrected chi connectivity index (χ0v) is 16.1. The van der Waals surface area contributed by atoms with Crippen LogP contribution in [0.15, 0.2) is 30.3 Å². The lowest BCUT2D eigenvalue weighted by Gasteiger charge is -2.21. The summed E-state index contributed by atoms with van der Waals surface area (Å²) in [6.07, 6.45) is 0. The van der Waals surface area contributed by atoms with E-state index in [4.69, 9.17) is 0 Å². The summed E-state index contributed by atoms with van der Waals surface area (Å²) in [5.74, 6) is -1.02. The molecule has 0 saturated heterocycles. The molecule has 154 valence electrons. The summed E-state index contributed by atoms with van der Waals surface area (Å²) < 4.78 is 65.3. The molecule has 8 nitrogen and oxygen atoms in total. The molecule has 0 saturated carbocycles. The van der Waals surface area contributed by atoms with Gasteiger partial charge in [0.05, 0.1) is 10.6 Å². The molecule has 0 atom stereocenters. The summed E-state index contributed by atoms with van der Waals surface area (Å²) in [4.78, 5) is 14.0. The lowest BCUT2D eigenvalue weighted by Crippen LogP contribution is -2.29. The second-order valence-electron chi connectivity index (χ2n) is 6.88. The Balaban J connectivity index is 2.77. The number of benzene rings is 1. The van der Waals surface area contributed by atoms with E-state index in [1.807, 2.05) is 0 Å². The first-order chi connectivity index (χ1) is 13.2. The van der Waals surface area contributed by atoms with Crippen molar-refractivity contribution in [3.05, 3.63) is 51.7 Å². The van der Waals surface area contributed by atoms with Gasteiger partial charge >= 0.3 is 15.6 Å². The first-order valence-corrected chi connectivity index (χ1v) is 9.29. The predicted octanol–water partition coefficient (Wildman–Crippen LogP) is 4.05. The third kappa shape index (κ3) is 4.62. The van der Waals surface area contributed by atoms with E-state index < -0.39 is 37.4 Å². The van der Waals surface area contributed by atoms with Gasteiger partial charge in [0, 0.05) is 23.1 Å². The number of aromatic nitrogens is 1. The van der Waals surface area contributed by atoms with E-state index in [1.165, 1.54) is 18.2 Å². The number of non-ortho nitro benzene ring substituents is 1. The molecule has 0 bridgehead atoms. The van der Waals surface area contributed by atoms with E-state index >= 15 is 0 Å². The van der Waals surface area contributed by atoms with Crippen LogP contribution in [0.5, 0.6) is 5.88 Å². The molecule has 0 aliphatic carbocycles. The molecule has 1 aromatic heterocycles. The maximum absolute atomic E-state index is 12.7.